The Kier molecular flexibility index (Phi) is 7.44. The molecule has 0 aromatic carbocycles. The minimum atomic E-state index is 0. The molecule has 0 fully saturated rings. The first-order valence-corrected chi connectivity index (χ1v) is 4.30. The summed E-state index contributed by atoms with van der Waals surface area (Å²) in [7, 11) is 1.63. The second kappa shape index (κ2) is 7.69. The average molecular weight is 241 g/mol. The molecule has 78 valence electrons. The molecule has 0 unspecified atom stereocenters. The number of pyridine rings is 1. The van der Waals surface area contributed by atoms with E-state index in [-0.39, 0.29) is 51.4 Å². The molecule has 4 N–H and O–H groups in total. The molecule has 0 saturated carbocycles. The Labute approximate surface area is 137 Å². The van der Waals surface area contributed by atoms with Gasteiger partial charge in [-0.2, -0.15) is 0 Å². The van der Waals surface area contributed by atoms with Crippen LogP contribution in [0, 0.1) is 10.8 Å². The summed E-state index contributed by atoms with van der Waals surface area (Å²) in [6.45, 7) is 0. The van der Waals surface area contributed by atoms with Crippen molar-refractivity contribution in [1.82, 2.24) is 4.98 Å². The number of aromatic nitrogens is 1. The van der Waals surface area contributed by atoms with E-state index in [0.29, 0.717) is 17.1 Å². The van der Waals surface area contributed by atoms with Crippen LogP contribution in [0.25, 0.3) is 11.0 Å². The van der Waals surface area contributed by atoms with Gasteiger partial charge in [-0.05, 0) is 11.6 Å². The van der Waals surface area contributed by atoms with Crippen LogP contribution in [-0.4, -0.2) is 24.5 Å². The molecule has 0 radical (unpaired) electrons. The van der Waals surface area contributed by atoms with Crippen molar-refractivity contribution >= 4 is 23.9 Å². The van der Waals surface area contributed by atoms with E-state index in [1.165, 1.54) is 0 Å². The van der Waals surface area contributed by atoms with Gasteiger partial charge in [-0.1, -0.05) is 6.08 Å². The van der Waals surface area contributed by atoms with E-state index in [1.807, 2.05) is 0 Å². The zero-order valence-electron chi connectivity index (χ0n) is 9.36. The van der Waals surface area contributed by atoms with Crippen molar-refractivity contribution in [1.29, 1.82) is 10.8 Å². The van der Waals surface area contributed by atoms with Gasteiger partial charge in [0.05, 0.1) is 0 Å². The second-order valence-corrected chi connectivity index (χ2v) is 2.78. The van der Waals surface area contributed by atoms with Gasteiger partial charge in [0.2, 0.25) is 0 Å². The Hall–Kier alpha value is -0.534. The fraction of sp³-hybridized carbons (Fsp3) is 0.100. The number of rotatable bonds is 4. The maximum Gasteiger partial charge on any atom is 1.00 e. The van der Waals surface area contributed by atoms with Gasteiger partial charge >= 0.3 is 51.4 Å². The minimum Gasteiger partial charge on any atom is -0.686 e. The standard InChI is InChI=1S/C10H12N5.K/c1-14-9(2-3-11)8-4-7(5-12)10(13)15-6-8;/h2-6,11-12H,1H3,(H2,13,15);/q-1;+1/b9-2-,11-3?,12-5?;. The fourth-order valence-electron chi connectivity index (χ4n) is 1.13. The van der Waals surface area contributed by atoms with Gasteiger partial charge in [-0.25, -0.2) is 4.98 Å². The molecule has 1 rings (SSSR count). The maximum atomic E-state index is 7.14. The number of nitrogen functional groups attached to an aromatic ring is 1. The Morgan fingerprint density at radius 2 is 2.19 bits per heavy atom. The third kappa shape index (κ3) is 3.80. The minimum absolute atomic E-state index is 0. The largest absolute Gasteiger partial charge is 1.00 e. The van der Waals surface area contributed by atoms with Gasteiger partial charge in [0.1, 0.15) is 5.82 Å². The number of nitrogens with one attached hydrogen (secondary N) is 2. The summed E-state index contributed by atoms with van der Waals surface area (Å²) in [5.41, 5.74) is 7.49. The van der Waals surface area contributed by atoms with Gasteiger partial charge in [0.15, 0.2) is 0 Å². The molecule has 0 aliphatic carbocycles. The second-order valence-electron chi connectivity index (χ2n) is 2.78. The molecule has 5 nitrogen and oxygen atoms in total. The van der Waals surface area contributed by atoms with E-state index < -0.39 is 0 Å². The topological polar surface area (TPSA) is 101 Å². The van der Waals surface area contributed by atoms with Crippen molar-refractivity contribution in [2.24, 2.45) is 0 Å². The Morgan fingerprint density at radius 3 is 2.69 bits per heavy atom. The van der Waals surface area contributed by atoms with E-state index in [4.69, 9.17) is 16.6 Å². The number of hydrogen-bond donors (Lipinski definition) is 3. The number of allylic oxidation sites excluding steroid dienone is 1. The predicted molar refractivity (Wildman–Crippen MR) is 62.6 cm³/mol. The van der Waals surface area contributed by atoms with Crippen molar-refractivity contribution < 1.29 is 51.4 Å². The normalized spacial score (nSPS) is 10.2. The summed E-state index contributed by atoms with van der Waals surface area (Å²) in [5.74, 6) is 0.319. The van der Waals surface area contributed by atoms with E-state index in [0.717, 1.165) is 18.0 Å². The molecule has 1 aromatic heterocycles. The third-order valence-electron chi connectivity index (χ3n) is 1.88. The Morgan fingerprint density at radius 1 is 1.50 bits per heavy atom. The van der Waals surface area contributed by atoms with Crippen molar-refractivity contribution in [3.63, 3.8) is 0 Å². The van der Waals surface area contributed by atoms with Crippen LogP contribution in [0.3, 0.4) is 0 Å². The smallest absolute Gasteiger partial charge is 0.686 e. The first-order chi connectivity index (χ1) is 7.22. The summed E-state index contributed by atoms with van der Waals surface area (Å²) in [5, 5.41) is 18.1. The number of hydrogen-bond acceptors (Lipinski definition) is 4. The van der Waals surface area contributed by atoms with E-state index >= 15 is 0 Å². The molecule has 0 aliphatic rings. The Bertz CT molecular complexity index is 414. The third-order valence-corrected chi connectivity index (χ3v) is 1.88. The SMILES string of the molecule is C[N-]/C(=C\C=N)c1cnc(N)c(C=N)c1.[K+]. The average Bonchev–Trinajstić information content (AvgIpc) is 2.27. The zero-order chi connectivity index (χ0) is 11.3. The number of nitrogens with two attached hydrogens (primary N) is 1. The quantitative estimate of drug-likeness (QED) is 0.449. The van der Waals surface area contributed by atoms with E-state index in [1.54, 1.807) is 25.4 Å². The van der Waals surface area contributed by atoms with Gasteiger partial charge in [0.25, 0.3) is 0 Å². The van der Waals surface area contributed by atoms with E-state index in [9.17, 15) is 0 Å². The van der Waals surface area contributed by atoms with Gasteiger partial charge in [0, 0.05) is 24.2 Å². The molecule has 1 aromatic rings. The molecule has 1 heterocycles. The first kappa shape index (κ1) is 15.5. The first-order valence-electron chi connectivity index (χ1n) is 4.30. The molecule has 0 atom stereocenters. The summed E-state index contributed by atoms with van der Waals surface area (Å²) >= 11 is 0. The van der Waals surface area contributed by atoms with Crippen LogP contribution >= 0.6 is 0 Å². The van der Waals surface area contributed by atoms with Crippen LogP contribution in [0.5, 0.6) is 0 Å². The van der Waals surface area contributed by atoms with Crippen LogP contribution < -0.4 is 57.1 Å². The van der Waals surface area contributed by atoms with Crippen LogP contribution in [-0.2, 0) is 0 Å². The zero-order valence-corrected chi connectivity index (χ0v) is 12.5. The Balaban J connectivity index is 0.00000225. The van der Waals surface area contributed by atoms with Crippen LogP contribution in [0.4, 0.5) is 5.82 Å². The van der Waals surface area contributed by atoms with Crippen LogP contribution in [0.2, 0.25) is 0 Å². The summed E-state index contributed by atoms with van der Waals surface area (Å²) in [6.07, 6.45) is 5.43. The van der Waals surface area contributed by atoms with Crippen molar-refractivity contribution in [2.45, 2.75) is 0 Å². The van der Waals surface area contributed by atoms with Crippen molar-refractivity contribution in [3.8, 4) is 0 Å². The van der Waals surface area contributed by atoms with Gasteiger partial charge in [-0.3, -0.25) is 0 Å². The van der Waals surface area contributed by atoms with Crippen LogP contribution in [0.15, 0.2) is 18.3 Å². The molecule has 0 saturated heterocycles. The molecule has 16 heavy (non-hydrogen) atoms. The maximum absolute atomic E-state index is 7.14. The van der Waals surface area contributed by atoms with E-state index in [2.05, 4.69) is 10.3 Å². The summed E-state index contributed by atoms with van der Waals surface area (Å²) in [6, 6.07) is 1.72. The molecule has 0 spiro atoms. The summed E-state index contributed by atoms with van der Waals surface area (Å²) < 4.78 is 0. The molecule has 0 amide bonds. The van der Waals surface area contributed by atoms with Crippen molar-refractivity contribution in [3.05, 3.63) is 34.8 Å². The molecule has 0 bridgehead atoms. The van der Waals surface area contributed by atoms with Gasteiger partial charge in [-0.15, -0.1) is 12.7 Å². The molecular weight excluding hydrogens is 229 g/mol. The molecular formula is C10H12KN5. The predicted octanol–water partition coefficient (Wildman–Crippen LogP) is -1.34. The van der Waals surface area contributed by atoms with Crippen LogP contribution in [0.1, 0.15) is 11.1 Å². The summed E-state index contributed by atoms with van der Waals surface area (Å²) in [4.78, 5) is 3.95. The van der Waals surface area contributed by atoms with Gasteiger partial charge < -0.3 is 21.9 Å². The van der Waals surface area contributed by atoms with Crippen molar-refractivity contribution in [2.75, 3.05) is 12.8 Å². The fourth-order valence-corrected chi connectivity index (χ4v) is 1.13. The molecule has 0 aliphatic heterocycles. The number of anilines is 1. The molecule has 6 heteroatoms. The monoisotopic (exact) mass is 241 g/mol. The number of nitrogens with zero attached hydrogens (tertiary/aromatic N) is 2.